The van der Waals surface area contributed by atoms with Crippen LogP contribution in [0.5, 0.6) is 0 Å². The second-order valence-electron chi connectivity index (χ2n) is 6.53. The molecule has 0 radical (unpaired) electrons. The molecule has 188 valence electrons. The van der Waals surface area contributed by atoms with Crippen LogP contribution in [0.1, 0.15) is 19.3 Å². The SMILES string of the molecule is O=C(CCS)OCCn1c(=O)n(CCOC(=O)CCS)c(=O)n(CCOC(O)CCS)c1=O. The third kappa shape index (κ3) is 10.00. The van der Waals surface area contributed by atoms with Crippen LogP contribution in [-0.2, 0) is 43.4 Å². The number of carbonyl (C=O) groups excluding carboxylic acids is 2. The first-order valence-electron chi connectivity index (χ1n) is 10.1. The van der Waals surface area contributed by atoms with Crippen LogP contribution in [0.4, 0.5) is 0 Å². The van der Waals surface area contributed by atoms with Crippen molar-refractivity contribution < 1.29 is 28.9 Å². The summed E-state index contributed by atoms with van der Waals surface area (Å²) in [4.78, 5) is 61.3. The lowest BCUT2D eigenvalue weighted by Crippen LogP contribution is -2.55. The minimum absolute atomic E-state index is 0.0609. The fourth-order valence-corrected chi connectivity index (χ4v) is 3.14. The fourth-order valence-electron chi connectivity index (χ4n) is 2.56. The molecular weight excluding hydrogens is 498 g/mol. The number of hydrogen-bond donors (Lipinski definition) is 4. The molecule has 0 aliphatic carbocycles. The zero-order chi connectivity index (χ0) is 24.8. The second-order valence-corrected chi connectivity index (χ2v) is 7.87. The summed E-state index contributed by atoms with van der Waals surface area (Å²) in [5.41, 5.74) is -2.79. The maximum atomic E-state index is 12.8. The quantitative estimate of drug-likeness (QED) is 0.115. The van der Waals surface area contributed by atoms with Crippen LogP contribution < -0.4 is 17.1 Å². The van der Waals surface area contributed by atoms with Crippen molar-refractivity contribution in [3.8, 4) is 0 Å². The Balaban J connectivity index is 3.12. The molecule has 33 heavy (non-hydrogen) atoms. The van der Waals surface area contributed by atoms with Crippen LogP contribution in [0.25, 0.3) is 0 Å². The zero-order valence-corrected chi connectivity index (χ0v) is 20.6. The Kier molecular flexibility index (Phi) is 14.3. The summed E-state index contributed by atoms with van der Waals surface area (Å²) >= 11 is 11.8. The predicted molar refractivity (Wildman–Crippen MR) is 129 cm³/mol. The third-order valence-corrected chi connectivity index (χ3v) is 4.88. The Hall–Kier alpha value is -1.68. The van der Waals surface area contributed by atoms with Crippen molar-refractivity contribution in [1.82, 2.24) is 13.7 Å². The molecule has 1 atom stereocenters. The minimum Gasteiger partial charge on any atom is -0.464 e. The van der Waals surface area contributed by atoms with Crippen LogP contribution >= 0.6 is 37.9 Å². The van der Waals surface area contributed by atoms with Crippen molar-refractivity contribution >= 4 is 49.8 Å². The van der Waals surface area contributed by atoms with Gasteiger partial charge in [0.15, 0.2) is 6.29 Å². The smallest absolute Gasteiger partial charge is 0.336 e. The first kappa shape index (κ1) is 29.4. The maximum absolute atomic E-state index is 12.8. The number of aromatic nitrogens is 3. The molecule has 1 heterocycles. The molecule has 0 fully saturated rings. The average Bonchev–Trinajstić information content (AvgIpc) is 2.76. The molecule has 0 saturated carbocycles. The largest absolute Gasteiger partial charge is 0.464 e. The van der Waals surface area contributed by atoms with E-state index in [1.807, 2.05) is 0 Å². The number of nitrogens with zero attached hydrogens (tertiary/aromatic N) is 3. The van der Waals surface area contributed by atoms with Gasteiger partial charge in [-0.15, -0.1) is 0 Å². The van der Waals surface area contributed by atoms with Crippen LogP contribution in [0.3, 0.4) is 0 Å². The molecule has 1 N–H and O–H groups in total. The van der Waals surface area contributed by atoms with Crippen molar-refractivity contribution in [3.63, 3.8) is 0 Å². The number of aliphatic hydroxyl groups excluding tert-OH is 1. The number of hydrogen-bond acceptors (Lipinski definition) is 12. The molecule has 0 aliphatic heterocycles. The molecule has 0 saturated heterocycles. The number of thiol groups is 3. The average molecular weight is 528 g/mol. The van der Waals surface area contributed by atoms with Crippen molar-refractivity contribution in [2.75, 3.05) is 37.1 Å². The molecule has 0 bridgehead atoms. The lowest BCUT2D eigenvalue weighted by Gasteiger charge is -2.15. The van der Waals surface area contributed by atoms with E-state index in [9.17, 15) is 29.1 Å². The van der Waals surface area contributed by atoms with E-state index >= 15 is 0 Å². The number of carbonyl (C=O) groups is 2. The molecule has 15 heteroatoms. The Morgan fingerprint density at radius 2 is 1.12 bits per heavy atom. The third-order valence-electron chi connectivity index (χ3n) is 4.17. The van der Waals surface area contributed by atoms with E-state index in [0.29, 0.717) is 5.75 Å². The highest BCUT2D eigenvalue weighted by Gasteiger charge is 2.17. The van der Waals surface area contributed by atoms with Gasteiger partial charge in [0.1, 0.15) is 13.2 Å². The predicted octanol–water partition coefficient (Wildman–Crippen LogP) is -1.45. The van der Waals surface area contributed by atoms with Gasteiger partial charge in [-0.3, -0.25) is 9.59 Å². The number of rotatable bonds is 16. The van der Waals surface area contributed by atoms with Gasteiger partial charge in [0.25, 0.3) is 0 Å². The summed E-state index contributed by atoms with van der Waals surface area (Å²) in [5.74, 6) is -0.164. The molecular formula is C18H29N3O9S3. The summed E-state index contributed by atoms with van der Waals surface area (Å²) < 4.78 is 17.3. The molecule has 1 unspecified atom stereocenters. The van der Waals surface area contributed by atoms with Crippen molar-refractivity contribution in [1.29, 1.82) is 0 Å². The molecule has 1 aromatic heterocycles. The van der Waals surface area contributed by atoms with Crippen molar-refractivity contribution in [3.05, 3.63) is 31.5 Å². The highest BCUT2D eigenvalue weighted by molar-refractivity contribution is 7.80. The van der Waals surface area contributed by atoms with Gasteiger partial charge in [0.05, 0.1) is 39.1 Å². The van der Waals surface area contributed by atoms with E-state index < -0.39 is 35.3 Å². The van der Waals surface area contributed by atoms with Gasteiger partial charge in [-0.1, -0.05) is 0 Å². The standard InChI is InChI=1S/C18H29N3O9S3/c22-13(1-10-31)28-7-4-19-16(25)20(5-8-29-14(23)2-11-32)18(27)21(17(19)26)6-9-30-15(24)3-12-33/h13,22,31-33H,1-12H2. The van der Waals surface area contributed by atoms with Crippen molar-refractivity contribution in [2.24, 2.45) is 0 Å². The highest BCUT2D eigenvalue weighted by Crippen LogP contribution is 1.96. The lowest BCUT2D eigenvalue weighted by molar-refractivity contribution is -0.144. The molecule has 0 amide bonds. The first-order valence-corrected chi connectivity index (χ1v) is 12.0. The molecule has 0 aliphatic rings. The Morgan fingerprint density at radius 3 is 1.48 bits per heavy atom. The monoisotopic (exact) mass is 527 g/mol. The minimum atomic E-state index is -1.12. The summed E-state index contributed by atoms with van der Waals surface area (Å²) in [5, 5.41) is 9.64. The van der Waals surface area contributed by atoms with Crippen LogP contribution in [0, 0.1) is 0 Å². The summed E-state index contributed by atoms with van der Waals surface area (Å²) in [6.45, 7) is -1.56. The highest BCUT2D eigenvalue weighted by atomic mass is 32.1. The topological polar surface area (TPSA) is 148 Å². The first-order chi connectivity index (χ1) is 15.8. The fraction of sp³-hybridized carbons (Fsp3) is 0.722. The summed E-state index contributed by atoms with van der Waals surface area (Å²) in [7, 11) is 0. The van der Waals surface area contributed by atoms with E-state index in [0.717, 1.165) is 13.7 Å². The van der Waals surface area contributed by atoms with Crippen LogP contribution in [0.2, 0.25) is 0 Å². The molecule has 1 aromatic rings. The Bertz CT molecular complexity index is 883. The van der Waals surface area contributed by atoms with E-state index in [1.54, 1.807) is 0 Å². The van der Waals surface area contributed by atoms with Gasteiger partial charge in [-0.2, -0.15) is 37.9 Å². The van der Waals surface area contributed by atoms with Crippen molar-refractivity contribution in [2.45, 2.75) is 45.2 Å². The van der Waals surface area contributed by atoms with E-state index in [2.05, 4.69) is 37.9 Å². The molecule has 0 aromatic carbocycles. The van der Waals surface area contributed by atoms with Gasteiger partial charge in [-0.25, -0.2) is 28.1 Å². The van der Waals surface area contributed by atoms with E-state index in [1.165, 1.54) is 0 Å². The van der Waals surface area contributed by atoms with Crippen LogP contribution in [0.15, 0.2) is 14.4 Å². The number of aliphatic hydroxyl groups is 1. The van der Waals surface area contributed by atoms with Crippen LogP contribution in [-0.4, -0.2) is 74.1 Å². The lowest BCUT2D eigenvalue weighted by atomic mass is 10.5. The summed E-state index contributed by atoms with van der Waals surface area (Å²) in [6.07, 6.45) is -0.753. The van der Waals surface area contributed by atoms with Gasteiger partial charge in [-0.05, 0) is 5.75 Å². The van der Waals surface area contributed by atoms with E-state index in [4.69, 9.17) is 14.2 Å². The number of esters is 2. The molecule has 0 spiro atoms. The second kappa shape index (κ2) is 16.0. The summed E-state index contributed by atoms with van der Waals surface area (Å²) in [6, 6.07) is 0. The number of ether oxygens (including phenoxy) is 3. The molecule has 12 nitrogen and oxygen atoms in total. The zero-order valence-electron chi connectivity index (χ0n) is 18.0. The molecule has 1 rings (SSSR count). The van der Waals surface area contributed by atoms with Gasteiger partial charge >= 0.3 is 29.0 Å². The Labute approximate surface area is 206 Å². The normalized spacial score (nSPS) is 11.9. The van der Waals surface area contributed by atoms with Gasteiger partial charge in [0.2, 0.25) is 0 Å². The van der Waals surface area contributed by atoms with E-state index in [-0.39, 0.29) is 70.2 Å². The Morgan fingerprint density at radius 1 is 0.727 bits per heavy atom. The van der Waals surface area contributed by atoms with Gasteiger partial charge in [0, 0.05) is 17.9 Å². The van der Waals surface area contributed by atoms with Gasteiger partial charge < -0.3 is 19.3 Å². The maximum Gasteiger partial charge on any atom is 0.336 e.